The number of hydrogen-bond donors (Lipinski definition) is 1. The minimum absolute atomic E-state index is 0.103. The van der Waals surface area contributed by atoms with E-state index >= 15 is 0 Å². The molecule has 1 heterocycles. The van der Waals surface area contributed by atoms with Gasteiger partial charge in [0.2, 0.25) is 5.91 Å². The van der Waals surface area contributed by atoms with Gasteiger partial charge in [-0.15, -0.1) is 0 Å². The van der Waals surface area contributed by atoms with E-state index < -0.39 is 0 Å². The lowest BCUT2D eigenvalue weighted by atomic mass is 9.97. The molecular formula is C11H22N2O. The lowest BCUT2D eigenvalue weighted by Gasteiger charge is -2.24. The highest BCUT2D eigenvalue weighted by Gasteiger charge is 2.24. The molecule has 1 fully saturated rings. The zero-order valence-corrected chi connectivity index (χ0v) is 9.49. The van der Waals surface area contributed by atoms with Gasteiger partial charge in [-0.25, -0.2) is 0 Å². The van der Waals surface area contributed by atoms with Crippen molar-refractivity contribution in [3.05, 3.63) is 0 Å². The molecule has 2 N–H and O–H groups in total. The average Bonchev–Trinajstić information content (AvgIpc) is 2.25. The summed E-state index contributed by atoms with van der Waals surface area (Å²) in [4.78, 5) is 13.6. The molecule has 0 spiro atoms. The van der Waals surface area contributed by atoms with Gasteiger partial charge in [-0.3, -0.25) is 4.79 Å². The van der Waals surface area contributed by atoms with Crippen LogP contribution >= 0.6 is 0 Å². The summed E-state index contributed by atoms with van der Waals surface area (Å²) in [5.41, 5.74) is 5.61. The molecular weight excluding hydrogens is 176 g/mol. The van der Waals surface area contributed by atoms with Crippen molar-refractivity contribution < 1.29 is 4.79 Å². The summed E-state index contributed by atoms with van der Waals surface area (Å²) >= 11 is 0. The fourth-order valence-electron chi connectivity index (χ4n) is 2.21. The van der Waals surface area contributed by atoms with Crippen LogP contribution in [0.15, 0.2) is 0 Å². The maximum absolute atomic E-state index is 11.7. The minimum Gasteiger partial charge on any atom is -0.341 e. The Balaban J connectivity index is 2.57. The molecule has 0 aromatic rings. The third kappa shape index (κ3) is 2.98. The van der Waals surface area contributed by atoms with Crippen LogP contribution in [0.25, 0.3) is 0 Å². The first-order valence-electron chi connectivity index (χ1n) is 5.55. The van der Waals surface area contributed by atoms with Gasteiger partial charge >= 0.3 is 0 Å². The Labute approximate surface area is 86.6 Å². The van der Waals surface area contributed by atoms with E-state index in [0.717, 1.165) is 25.4 Å². The molecule has 1 saturated heterocycles. The van der Waals surface area contributed by atoms with Gasteiger partial charge in [-0.1, -0.05) is 13.8 Å². The Bertz CT molecular complexity index is 203. The van der Waals surface area contributed by atoms with Crippen molar-refractivity contribution in [1.82, 2.24) is 4.90 Å². The normalized spacial score (nSPS) is 31.0. The first-order valence-corrected chi connectivity index (χ1v) is 5.55. The van der Waals surface area contributed by atoms with Crippen LogP contribution in [0.2, 0.25) is 0 Å². The number of hydrogen-bond acceptors (Lipinski definition) is 2. The maximum atomic E-state index is 11.7. The fraction of sp³-hybridized carbons (Fsp3) is 0.909. The summed E-state index contributed by atoms with van der Waals surface area (Å²) in [6, 6.07) is -0.351. The van der Waals surface area contributed by atoms with Crippen molar-refractivity contribution in [3.63, 3.8) is 0 Å². The lowest BCUT2D eigenvalue weighted by molar-refractivity contribution is -0.132. The Hall–Kier alpha value is -0.570. The molecule has 0 aromatic heterocycles. The second kappa shape index (κ2) is 4.78. The van der Waals surface area contributed by atoms with Crippen LogP contribution in [-0.2, 0) is 4.79 Å². The van der Waals surface area contributed by atoms with Gasteiger partial charge in [-0.05, 0) is 31.6 Å². The highest BCUT2D eigenvalue weighted by molar-refractivity contribution is 5.81. The molecule has 3 heteroatoms. The number of nitrogens with two attached hydrogens (primary N) is 1. The molecule has 1 amide bonds. The third-order valence-corrected chi connectivity index (χ3v) is 2.93. The number of amides is 1. The molecule has 1 aliphatic rings. The van der Waals surface area contributed by atoms with E-state index in [1.807, 2.05) is 4.90 Å². The molecule has 0 radical (unpaired) electrons. The summed E-state index contributed by atoms with van der Waals surface area (Å²) in [7, 11) is 0. The predicted molar refractivity (Wildman–Crippen MR) is 57.8 cm³/mol. The van der Waals surface area contributed by atoms with Gasteiger partial charge in [0.1, 0.15) is 0 Å². The third-order valence-electron chi connectivity index (χ3n) is 2.93. The van der Waals surface area contributed by atoms with Crippen LogP contribution in [0.1, 0.15) is 33.6 Å². The highest BCUT2D eigenvalue weighted by atomic mass is 16.2. The molecule has 3 nitrogen and oxygen atoms in total. The number of carbonyl (C=O) groups excluding carboxylic acids is 1. The summed E-state index contributed by atoms with van der Waals surface area (Å²) in [5.74, 6) is 1.44. The van der Waals surface area contributed by atoms with Gasteiger partial charge in [0, 0.05) is 13.1 Å². The van der Waals surface area contributed by atoms with E-state index in [4.69, 9.17) is 5.73 Å². The largest absolute Gasteiger partial charge is 0.341 e. The first-order chi connectivity index (χ1) is 6.50. The van der Waals surface area contributed by atoms with Crippen LogP contribution in [0.3, 0.4) is 0 Å². The second-order valence-electron chi connectivity index (χ2n) is 4.81. The average molecular weight is 198 g/mol. The van der Waals surface area contributed by atoms with Crippen LogP contribution in [0.4, 0.5) is 0 Å². The predicted octanol–water partition coefficient (Wildman–Crippen LogP) is 1.23. The Morgan fingerprint density at radius 1 is 1.43 bits per heavy atom. The Kier molecular flexibility index (Phi) is 3.93. The zero-order chi connectivity index (χ0) is 10.7. The molecule has 82 valence electrons. The molecule has 2 unspecified atom stereocenters. The molecule has 14 heavy (non-hydrogen) atoms. The number of nitrogens with zero attached hydrogens (tertiary/aromatic N) is 1. The highest BCUT2D eigenvalue weighted by Crippen LogP contribution is 2.21. The maximum Gasteiger partial charge on any atom is 0.239 e. The van der Waals surface area contributed by atoms with Crippen LogP contribution in [-0.4, -0.2) is 29.9 Å². The summed E-state index contributed by atoms with van der Waals surface area (Å²) in [6.45, 7) is 8.00. The van der Waals surface area contributed by atoms with Crippen LogP contribution in [0.5, 0.6) is 0 Å². The van der Waals surface area contributed by atoms with Crippen molar-refractivity contribution in [2.45, 2.75) is 39.7 Å². The van der Waals surface area contributed by atoms with Crippen molar-refractivity contribution in [3.8, 4) is 0 Å². The number of rotatable bonds is 1. The lowest BCUT2D eigenvalue weighted by Crippen LogP contribution is -2.43. The zero-order valence-electron chi connectivity index (χ0n) is 9.49. The summed E-state index contributed by atoms with van der Waals surface area (Å²) in [5, 5.41) is 0. The Morgan fingerprint density at radius 3 is 2.64 bits per heavy atom. The first kappa shape index (κ1) is 11.5. The quantitative estimate of drug-likeness (QED) is 0.689. The SMILES string of the molecule is CC1CCN(C(=O)[C@@H](C)N)CC(C)C1. The van der Waals surface area contributed by atoms with Crippen molar-refractivity contribution in [2.24, 2.45) is 17.6 Å². The molecule has 1 aliphatic heterocycles. The van der Waals surface area contributed by atoms with Crippen molar-refractivity contribution in [2.75, 3.05) is 13.1 Å². The van der Waals surface area contributed by atoms with Gasteiger partial charge in [-0.2, -0.15) is 0 Å². The molecule has 0 aromatic carbocycles. The van der Waals surface area contributed by atoms with E-state index in [9.17, 15) is 4.79 Å². The number of carbonyl (C=O) groups is 1. The van der Waals surface area contributed by atoms with E-state index in [-0.39, 0.29) is 11.9 Å². The summed E-state index contributed by atoms with van der Waals surface area (Å²) < 4.78 is 0. The van der Waals surface area contributed by atoms with E-state index in [1.54, 1.807) is 6.92 Å². The standard InChI is InChI=1S/C11H22N2O/c1-8-4-5-13(7-9(2)6-8)11(14)10(3)12/h8-10H,4-7,12H2,1-3H3/t8?,9?,10-/m1/s1. The smallest absolute Gasteiger partial charge is 0.239 e. The topological polar surface area (TPSA) is 46.3 Å². The molecule has 1 rings (SSSR count). The van der Waals surface area contributed by atoms with Gasteiger partial charge < -0.3 is 10.6 Å². The van der Waals surface area contributed by atoms with Gasteiger partial charge in [0.15, 0.2) is 0 Å². The van der Waals surface area contributed by atoms with E-state index in [1.165, 1.54) is 6.42 Å². The van der Waals surface area contributed by atoms with Gasteiger partial charge in [0.25, 0.3) is 0 Å². The molecule has 0 bridgehead atoms. The van der Waals surface area contributed by atoms with E-state index in [0.29, 0.717) is 5.92 Å². The minimum atomic E-state index is -0.351. The Morgan fingerprint density at radius 2 is 2.07 bits per heavy atom. The second-order valence-corrected chi connectivity index (χ2v) is 4.81. The van der Waals surface area contributed by atoms with Crippen molar-refractivity contribution >= 4 is 5.91 Å². The summed E-state index contributed by atoms with van der Waals surface area (Å²) in [6.07, 6.45) is 2.34. The molecule has 3 atom stereocenters. The van der Waals surface area contributed by atoms with Crippen molar-refractivity contribution in [1.29, 1.82) is 0 Å². The van der Waals surface area contributed by atoms with Gasteiger partial charge in [0.05, 0.1) is 6.04 Å². The number of likely N-dealkylation sites (tertiary alicyclic amines) is 1. The van der Waals surface area contributed by atoms with E-state index in [2.05, 4.69) is 13.8 Å². The molecule has 0 saturated carbocycles. The monoisotopic (exact) mass is 198 g/mol. The fourth-order valence-corrected chi connectivity index (χ4v) is 2.21. The van der Waals surface area contributed by atoms with Crippen LogP contribution in [0, 0.1) is 11.8 Å². The molecule has 0 aliphatic carbocycles. The van der Waals surface area contributed by atoms with Crippen LogP contribution < -0.4 is 5.73 Å².